The summed E-state index contributed by atoms with van der Waals surface area (Å²) < 4.78 is 5.32. The van der Waals surface area contributed by atoms with Crippen molar-refractivity contribution < 1.29 is 4.52 Å². The summed E-state index contributed by atoms with van der Waals surface area (Å²) in [5.41, 5.74) is 0. The van der Waals surface area contributed by atoms with E-state index in [2.05, 4.69) is 48.1 Å². The van der Waals surface area contributed by atoms with Crippen LogP contribution in [0, 0.1) is 6.92 Å². The molecule has 0 fully saturated rings. The molecule has 6 heteroatoms. The highest BCUT2D eigenvalue weighted by Crippen LogP contribution is 2.27. The maximum absolute atomic E-state index is 5.32. The predicted octanol–water partition coefficient (Wildman–Crippen LogP) is 4.36. The fraction of sp³-hybridized carbons (Fsp3) is 0.333. The van der Waals surface area contributed by atoms with E-state index in [-0.39, 0.29) is 0 Å². The number of hydrogen-bond acceptors (Lipinski definition) is 6. The van der Waals surface area contributed by atoms with E-state index in [4.69, 9.17) is 4.52 Å². The van der Waals surface area contributed by atoms with E-state index in [9.17, 15) is 0 Å². The zero-order valence-electron chi connectivity index (χ0n) is 12.2. The molecule has 0 bridgehead atoms. The molecule has 0 saturated carbocycles. The van der Waals surface area contributed by atoms with E-state index < -0.39 is 0 Å². The van der Waals surface area contributed by atoms with Crippen LogP contribution in [-0.2, 0) is 6.54 Å². The third kappa shape index (κ3) is 3.23. The van der Waals surface area contributed by atoms with Crippen LogP contribution in [0.2, 0.25) is 0 Å². The number of aromatic nitrogens is 2. The van der Waals surface area contributed by atoms with Gasteiger partial charge in [0.25, 0.3) is 5.89 Å². The van der Waals surface area contributed by atoms with Crippen LogP contribution in [0.5, 0.6) is 0 Å². The van der Waals surface area contributed by atoms with E-state index in [0.717, 1.165) is 10.7 Å². The first kappa shape index (κ1) is 14.4. The number of hydrogen-bond donors (Lipinski definition) is 0. The fourth-order valence-corrected chi connectivity index (χ4v) is 3.71. The monoisotopic (exact) mass is 319 g/mol. The van der Waals surface area contributed by atoms with Gasteiger partial charge in [-0.2, -0.15) is 4.98 Å². The second kappa shape index (κ2) is 6.09. The molecular weight excluding hydrogens is 302 g/mol. The molecule has 0 aromatic carbocycles. The van der Waals surface area contributed by atoms with Crippen molar-refractivity contribution in [2.24, 2.45) is 0 Å². The minimum atomic E-state index is 0.340. The van der Waals surface area contributed by atoms with Crippen LogP contribution in [0.3, 0.4) is 0 Å². The molecule has 1 atom stereocenters. The Hall–Kier alpha value is -1.50. The van der Waals surface area contributed by atoms with Crippen LogP contribution < -0.4 is 0 Å². The molecule has 21 heavy (non-hydrogen) atoms. The van der Waals surface area contributed by atoms with Crippen LogP contribution in [-0.4, -0.2) is 22.1 Å². The lowest BCUT2D eigenvalue weighted by Gasteiger charge is -2.21. The highest BCUT2D eigenvalue weighted by Gasteiger charge is 2.17. The van der Waals surface area contributed by atoms with Gasteiger partial charge in [0, 0.05) is 15.8 Å². The Morgan fingerprint density at radius 3 is 2.86 bits per heavy atom. The van der Waals surface area contributed by atoms with Crippen molar-refractivity contribution in [3.05, 3.63) is 45.2 Å². The SMILES string of the molecule is Cc1ccc(C(C)N(C)Cc2noc(-c3cccs3)n2)s1. The highest BCUT2D eigenvalue weighted by molar-refractivity contribution is 7.13. The molecule has 3 heterocycles. The van der Waals surface area contributed by atoms with Gasteiger partial charge in [0.2, 0.25) is 0 Å². The average Bonchev–Trinajstić information content (AvgIpc) is 3.17. The molecule has 0 aliphatic carbocycles. The summed E-state index contributed by atoms with van der Waals surface area (Å²) in [5.74, 6) is 1.33. The number of aryl methyl sites for hydroxylation is 1. The smallest absolute Gasteiger partial charge is 0.268 e. The van der Waals surface area contributed by atoms with Crippen molar-refractivity contribution in [1.82, 2.24) is 15.0 Å². The van der Waals surface area contributed by atoms with Crippen LogP contribution >= 0.6 is 22.7 Å². The van der Waals surface area contributed by atoms with Crippen molar-refractivity contribution in [2.75, 3.05) is 7.05 Å². The lowest BCUT2D eigenvalue weighted by molar-refractivity contribution is 0.246. The van der Waals surface area contributed by atoms with E-state index in [1.807, 2.05) is 28.8 Å². The highest BCUT2D eigenvalue weighted by atomic mass is 32.1. The molecular formula is C15H17N3OS2. The summed E-state index contributed by atoms with van der Waals surface area (Å²) in [6.07, 6.45) is 0. The first-order valence-corrected chi connectivity index (χ1v) is 8.46. The Morgan fingerprint density at radius 2 is 2.19 bits per heavy atom. The van der Waals surface area contributed by atoms with Crippen molar-refractivity contribution in [2.45, 2.75) is 26.4 Å². The van der Waals surface area contributed by atoms with Gasteiger partial charge in [-0.1, -0.05) is 11.2 Å². The van der Waals surface area contributed by atoms with Crippen LogP contribution in [0.4, 0.5) is 0 Å². The van der Waals surface area contributed by atoms with Gasteiger partial charge in [0.05, 0.1) is 11.4 Å². The third-order valence-corrected chi connectivity index (χ3v) is 5.45. The molecule has 0 aliphatic heterocycles. The number of thiophene rings is 2. The molecule has 110 valence electrons. The molecule has 0 spiro atoms. The maximum Gasteiger partial charge on any atom is 0.268 e. The molecule has 3 rings (SSSR count). The molecule has 0 N–H and O–H groups in total. The average molecular weight is 319 g/mol. The Balaban J connectivity index is 1.69. The van der Waals surface area contributed by atoms with Crippen molar-refractivity contribution in [3.8, 4) is 10.8 Å². The summed E-state index contributed by atoms with van der Waals surface area (Å²) in [4.78, 5) is 10.4. The largest absolute Gasteiger partial charge is 0.333 e. The Kier molecular flexibility index (Phi) is 4.19. The van der Waals surface area contributed by atoms with E-state index >= 15 is 0 Å². The van der Waals surface area contributed by atoms with E-state index in [1.54, 1.807) is 11.3 Å². The van der Waals surface area contributed by atoms with Crippen LogP contribution in [0.15, 0.2) is 34.2 Å². The molecule has 4 nitrogen and oxygen atoms in total. The molecule has 0 aliphatic rings. The van der Waals surface area contributed by atoms with Gasteiger partial charge in [-0.05, 0) is 44.5 Å². The second-order valence-corrected chi connectivity index (χ2v) is 7.30. The summed E-state index contributed by atoms with van der Waals surface area (Å²) in [6, 6.07) is 8.66. The predicted molar refractivity (Wildman–Crippen MR) is 86.5 cm³/mol. The maximum atomic E-state index is 5.32. The van der Waals surface area contributed by atoms with Gasteiger partial charge in [0.15, 0.2) is 5.82 Å². The quantitative estimate of drug-likeness (QED) is 0.700. The summed E-state index contributed by atoms with van der Waals surface area (Å²) in [5, 5.41) is 6.08. The standard InChI is InChI=1S/C15H17N3OS2/c1-10-6-7-12(21-10)11(2)18(3)9-14-16-15(19-17-14)13-5-4-8-20-13/h4-8,11H,9H2,1-3H3. The minimum absolute atomic E-state index is 0.340. The van der Waals surface area contributed by atoms with Crippen molar-refractivity contribution in [1.29, 1.82) is 0 Å². The summed E-state index contributed by atoms with van der Waals surface area (Å²) in [7, 11) is 2.08. The normalized spacial score (nSPS) is 13.0. The minimum Gasteiger partial charge on any atom is -0.333 e. The molecule has 0 radical (unpaired) electrons. The van der Waals surface area contributed by atoms with Crippen LogP contribution in [0.1, 0.15) is 28.5 Å². The van der Waals surface area contributed by atoms with Crippen molar-refractivity contribution >= 4 is 22.7 Å². The second-order valence-electron chi connectivity index (χ2n) is 5.03. The van der Waals surface area contributed by atoms with Crippen LogP contribution in [0.25, 0.3) is 10.8 Å². The van der Waals surface area contributed by atoms with E-state index in [1.165, 1.54) is 9.75 Å². The van der Waals surface area contributed by atoms with Gasteiger partial charge >= 0.3 is 0 Å². The lowest BCUT2D eigenvalue weighted by atomic mass is 10.2. The van der Waals surface area contributed by atoms with Gasteiger partial charge in [-0.3, -0.25) is 4.90 Å². The first-order chi connectivity index (χ1) is 10.1. The molecule has 0 saturated heterocycles. The van der Waals surface area contributed by atoms with E-state index in [0.29, 0.717) is 18.5 Å². The zero-order valence-corrected chi connectivity index (χ0v) is 13.9. The Morgan fingerprint density at radius 1 is 1.33 bits per heavy atom. The molecule has 1 unspecified atom stereocenters. The number of rotatable bonds is 5. The van der Waals surface area contributed by atoms with Crippen molar-refractivity contribution in [3.63, 3.8) is 0 Å². The first-order valence-electron chi connectivity index (χ1n) is 6.76. The van der Waals surface area contributed by atoms with Gasteiger partial charge in [-0.25, -0.2) is 0 Å². The topological polar surface area (TPSA) is 42.2 Å². The lowest BCUT2D eigenvalue weighted by Crippen LogP contribution is -2.21. The Bertz CT molecular complexity index is 702. The van der Waals surface area contributed by atoms with Gasteiger partial charge in [-0.15, -0.1) is 22.7 Å². The van der Waals surface area contributed by atoms with Gasteiger partial charge in [0.1, 0.15) is 0 Å². The summed E-state index contributed by atoms with van der Waals surface area (Å²) >= 11 is 3.44. The molecule has 3 aromatic heterocycles. The summed E-state index contributed by atoms with van der Waals surface area (Å²) in [6.45, 7) is 5.01. The molecule has 0 amide bonds. The zero-order chi connectivity index (χ0) is 14.8. The van der Waals surface area contributed by atoms with Gasteiger partial charge < -0.3 is 4.52 Å². The third-order valence-electron chi connectivity index (χ3n) is 3.42. The molecule has 3 aromatic rings. The fourth-order valence-electron chi connectivity index (χ4n) is 2.07. The Labute approximate surface area is 132 Å². The number of nitrogens with zero attached hydrogens (tertiary/aromatic N) is 3.